The van der Waals surface area contributed by atoms with Crippen LogP contribution in [0.1, 0.15) is 25.0 Å². The zero-order valence-electron chi connectivity index (χ0n) is 21.5. The second-order valence-electron chi connectivity index (χ2n) is 8.75. The number of alkyl halides is 3. The van der Waals surface area contributed by atoms with E-state index in [0.717, 1.165) is 16.8 Å². The predicted octanol–water partition coefficient (Wildman–Crippen LogP) is 6.07. The van der Waals surface area contributed by atoms with Gasteiger partial charge in [0, 0.05) is 15.6 Å². The largest absolute Gasteiger partial charge is 0.493 e. The second-order valence-corrected chi connectivity index (χ2v) is 9.66. The Kier molecular flexibility index (Phi) is 8.58. The molecular weight excluding hydrogens is 595 g/mol. The molecule has 4 aromatic rings. The summed E-state index contributed by atoms with van der Waals surface area (Å²) in [6.45, 7) is 2.98. The van der Waals surface area contributed by atoms with Gasteiger partial charge in [0.05, 0.1) is 35.9 Å². The van der Waals surface area contributed by atoms with Crippen LogP contribution in [-0.2, 0) is 15.7 Å². The van der Waals surface area contributed by atoms with Crippen LogP contribution in [0.3, 0.4) is 0 Å². The smallest absolute Gasteiger partial charge is 0.416 e. The molecule has 0 fully saturated rings. The second kappa shape index (κ2) is 11.9. The molecule has 0 aliphatic heterocycles. The maximum Gasteiger partial charge on any atom is 0.416 e. The summed E-state index contributed by atoms with van der Waals surface area (Å²) >= 11 is 3.38. The van der Waals surface area contributed by atoms with E-state index in [2.05, 4.69) is 26.0 Å². The van der Waals surface area contributed by atoms with Gasteiger partial charge in [-0.3, -0.25) is 4.79 Å². The van der Waals surface area contributed by atoms with Crippen molar-refractivity contribution in [1.82, 2.24) is 9.66 Å². The standard InChI is InChI=1S/C28H23BrF3N3O5/c1-16(2)40-24(36)15-39-25-18(12-20(29)13-23(25)38-3)14-33-35-26(17-7-6-8-19(11-17)28(30,31)32)34-22-10-5-4-9-21(22)27(35)37/h4-14,16H,15H2,1-3H3. The number of methoxy groups -OCH3 is 1. The van der Waals surface area contributed by atoms with Gasteiger partial charge >= 0.3 is 12.1 Å². The first kappa shape index (κ1) is 28.8. The van der Waals surface area contributed by atoms with E-state index in [9.17, 15) is 22.8 Å². The highest BCUT2D eigenvalue weighted by Gasteiger charge is 2.31. The molecule has 0 radical (unpaired) electrons. The minimum Gasteiger partial charge on any atom is -0.493 e. The number of carbonyl (C=O) groups is 1. The number of halogens is 4. The normalized spacial score (nSPS) is 11.8. The van der Waals surface area contributed by atoms with Gasteiger partial charge in [-0.25, -0.2) is 9.78 Å². The Bertz CT molecular complexity index is 1650. The Morgan fingerprint density at radius 1 is 1.12 bits per heavy atom. The van der Waals surface area contributed by atoms with Crippen molar-refractivity contribution in [3.05, 3.63) is 86.6 Å². The number of fused-ring (bicyclic) bond motifs is 1. The summed E-state index contributed by atoms with van der Waals surface area (Å²) in [4.78, 5) is 30.0. The molecule has 12 heteroatoms. The molecule has 0 saturated carbocycles. The van der Waals surface area contributed by atoms with Crippen molar-refractivity contribution in [2.75, 3.05) is 13.7 Å². The average Bonchev–Trinajstić information content (AvgIpc) is 2.90. The molecule has 208 valence electrons. The van der Waals surface area contributed by atoms with Crippen LogP contribution in [0.25, 0.3) is 22.3 Å². The molecule has 0 atom stereocenters. The van der Waals surface area contributed by atoms with E-state index in [4.69, 9.17) is 14.2 Å². The topological polar surface area (TPSA) is 92.0 Å². The molecule has 0 saturated heterocycles. The van der Waals surface area contributed by atoms with Gasteiger partial charge < -0.3 is 14.2 Å². The Balaban J connectivity index is 1.86. The van der Waals surface area contributed by atoms with E-state index >= 15 is 0 Å². The molecule has 0 N–H and O–H groups in total. The number of carbonyl (C=O) groups excluding carboxylic acids is 1. The molecule has 1 heterocycles. The molecule has 3 aromatic carbocycles. The number of benzene rings is 3. The molecule has 1 aromatic heterocycles. The number of para-hydroxylation sites is 1. The van der Waals surface area contributed by atoms with E-state index in [-0.39, 0.29) is 34.4 Å². The lowest BCUT2D eigenvalue weighted by atomic mass is 10.1. The fourth-order valence-corrected chi connectivity index (χ4v) is 4.25. The monoisotopic (exact) mass is 617 g/mol. The molecule has 0 amide bonds. The minimum absolute atomic E-state index is 0.0366. The Morgan fingerprint density at radius 2 is 1.88 bits per heavy atom. The zero-order chi connectivity index (χ0) is 29.0. The van der Waals surface area contributed by atoms with Crippen LogP contribution in [0, 0.1) is 0 Å². The van der Waals surface area contributed by atoms with Crippen LogP contribution in [0.5, 0.6) is 11.5 Å². The van der Waals surface area contributed by atoms with Crippen molar-refractivity contribution in [2.45, 2.75) is 26.1 Å². The van der Waals surface area contributed by atoms with Gasteiger partial charge in [-0.15, -0.1) is 0 Å². The summed E-state index contributed by atoms with van der Waals surface area (Å²) in [5.41, 5.74) is -0.862. The third-order valence-electron chi connectivity index (χ3n) is 5.48. The average molecular weight is 618 g/mol. The number of aromatic nitrogens is 2. The van der Waals surface area contributed by atoms with Gasteiger partial charge in [0.25, 0.3) is 5.56 Å². The van der Waals surface area contributed by atoms with Gasteiger partial charge in [-0.2, -0.15) is 22.9 Å². The fourth-order valence-electron chi connectivity index (χ4n) is 3.79. The van der Waals surface area contributed by atoms with Gasteiger partial charge in [0.1, 0.15) is 0 Å². The zero-order valence-corrected chi connectivity index (χ0v) is 23.1. The highest BCUT2D eigenvalue weighted by Crippen LogP contribution is 2.35. The van der Waals surface area contributed by atoms with E-state index < -0.39 is 29.9 Å². The van der Waals surface area contributed by atoms with Crippen LogP contribution in [0.4, 0.5) is 13.2 Å². The van der Waals surface area contributed by atoms with E-state index in [1.807, 2.05) is 0 Å². The summed E-state index contributed by atoms with van der Waals surface area (Å²) < 4.78 is 58.1. The maximum absolute atomic E-state index is 13.5. The lowest BCUT2D eigenvalue weighted by Crippen LogP contribution is -2.21. The van der Waals surface area contributed by atoms with Crippen LogP contribution >= 0.6 is 15.9 Å². The first-order chi connectivity index (χ1) is 19.0. The Morgan fingerprint density at radius 3 is 2.58 bits per heavy atom. The molecule has 4 rings (SSSR count). The van der Waals surface area contributed by atoms with Gasteiger partial charge in [-0.05, 0) is 50.2 Å². The molecule has 0 bridgehead atoms. The Hall–Kier alpha value is -4.19. The number of esters is 1. The van der Waals surface area contributed by atoms with Crippen LogP contribution in [0.2, 0.25) is 0 Å². The summed E-state index contributed by atoms with van der Waals surface area (Å²) in [5.74, 6) is -0.312. The van der Waals surface area contributed by atoms with Crippen LogP contribution < -0.4 is 15.0 Å². The molecule has 40 heavy (non-hydrogen) atoms. The fraction of sp³-hybridized carbons (Fsp3) is 0.214. The lowest BCUT2D eigenvalue weighted by Gasteiger charge is -2.15. The highest BCUT2D eigenvalue weighted by molar-refractivity contribution is 9.10. The first-order valence-corrected chi connectivity index (χ1v) is 12.7. The summed E-state index contributed by atoms with van der Waals surface area (Å²) in [6.07, 6.45) is -3.67. The predicted molar refractivity (Wildman–Crippen MR) is 147 cm³/mol. The van der Waals surface area contributed by atoms with Crippen molar-refractivity contribution in [1.29, 1.82) is 0 Å². The van der Waals surface area contributed by atoms with Gasteiger partial charge in [-0.1, -0.05) is 40.2 Å². The van der Waals surface area contributed by atoms with Crippen LogP contribution in [-0.4, -0.2) is 41.7 Å². The van der Waals surface area contributed by atoms with Crippen molar-refractivity contribution in [2.24, 2.45) is 5.10 Å². The summed E-state index contributed by atoms with van der Waals surface area (Å²) in [7, 11) is 1.41. The molecular formula is C28H23BrF3N3O5. The first-order valence-electron chi connectivity index (χ1n) is 11.9. The molecule has 0 spiro atoms. The molecule has 0 aliphatic carbocycles. The van der Waals surface area contributed by atoms with Gasteiger partial charge in [0.15, 0.2) is 23.9 Å². The minimum atomic E-state index is -4.60. The number of rotatable bonds is 8. The Labute approximate surface area is 235 Å². The SMILES string of the molecule is COc1cc(Br)cc(C=Nn2c(-c3cccc(C(F)(F)F)c3)nc3ccccc3c2=O)c1OCC(=O)OC(C)C. The van der Waals surface area contributed by atoms with Crippen molar-refractivity contribution >= 4 is 39.0 Å². The lowest BCUT2D eigenvalue weighted by molar-refractivity contribution is -0.149. The van der Waals surface area contributed by atoms with Gasteiger partial charge in [0.2, 0.25) is 0 Å². The number of hydrogen-bond donors (Lipinski definition) is 0. The molecule has 0 unspecified atom stereocenters. The van der Waals surface area contributed by atoms with E-state index in [1.165, 1.54) is 25.5 Å². The molecule has 8 nitrogen and oxygen atoms in total. The number of ether oxygens (including phenoxy) is 3. The van der Waals surface area contributed by atoms with Crippen molar-refractivity contribution in [3.63, 3.8) is 0 Å². The number of nitrogens with zero attached hydrogens (tertiary/aromatic N) is 3. The number of hydrogen-bond acceptors (Lipinski definition) is 7. The quantitative estimate of drug-likeness (QED) is 0.176. The third-order valence-corrected chi connectivity index (χ3v) is 5.94. The van der Waals surface area contributed by atoms with E-state index in [1.54, 1.807) is 50.2 Å². The maximum atomic E-state index is 13.5. The highest BCUT2D eigenvalue weighted by atomic mass is 79.9. The third kappa shape index (κ3) is 6.50. The van der Waals surface area contributed by atoms with Crippen molar-refractivity contribution in [3.8, 4) is 22.9 Å². The van der Waals surface area contributed by atoms with E-state index in [0.29, 0.717) is 15.6 Å². The summed E-state index contributed by atoms with van der Waals surface area (Å²) in [5, 5.41) is 4.53. The molecule has 0 aliphatic rings. The van der Waals surface area contributed by atoms with Crippen LogP contribution in [0.15, 0.2) is 75.0 Å². The van der Waals surface area contributed by atoms with Crippen molar-refractivity contribution < 1.29 is 32.2 Å². The summed E-state index contributed by atoms with van der Waals surface area (Å²) in [6, 6.07) is 14.1.